The van der Waals surface area contributed by atoms with Gasteiger partial charge in [-0.05, 0) is 42.7 Å². The smallest absolute Gasteiger partial charge is 0.294 e. The zero-order chi connectivity index (χ0) is 21.3. The van der Waals surface area contributed by atoms with E-state index in [2.05, 4.69) is 17.2 Å². The monoisotopic (exact) mass is 408 g/mol. The molecule has 0 aliphatic carbocycles. The van der Waals surface area contributed by atoms with E-state index in [-0.39, 0.29) is 17.2 Å². The second kappa shape index (κ2) is 10.2. The first-order chi connectivity index (χ1) is 14.6. The minimum absolute atomic E-state index is 0.153. The third-order valence-corrected chi connectivity index (χ3v) is 4.61. The fourth-order valence-corrected chi connectivity index (χ4v) is 2.94. The van der Waals surface area contributed by atoms with E-state index >= 15 is 0 Å². The Balaban J connectivity index is 1.57. The molecule has 0 spiro atoms. The van der Waals surface area contributed by atoms with Gasteiger partial charge >= 0.3 is 0 Å². The number of carbonyl (C=O) groups excluding carboxylic acids is 1. The molecule has 0 saturated heterocycles. The van der Waals surface area contributed by atoms with Crippen molar-refractivity contribution in [3.63, 3.8) is 0 Å². The minimum atomic E-state index is -0.504. The molecule has 1 N–H and O–H groups in total. The van der Waals surface area contributed by atoms with Crippen molar-refractivity contribution < 1.29 is 14.5 Å². The number of hydrogen-bond donors (Lipinski definition) is 1. The van der Waals surface area contributed by atoms with E-state index in [0.717, 1.165) is 24.2 Å². The van der Waals surface area contributed by atoms with Crippen LogP contribution in [0.5, 0.6) is 5.75 Å². The van der Waals surface area contributed by atoms with Crippen molar-refractivity contribution in [2.24, 2.45) is 0 Å². The lowest BCUT2D eigenvalue weighted by atomic mass is 10.1. The molecule has 1 aromatic heterocycles. The van der Waals surface area contributed by atoms with Crippen LogP contribution in [0.25, 0.3) is 5.69 Å². The van der Waals surface area contributed by atoms with Crippen molar-refractivity contribution in [3.8, 4) is 11.4 Å². The van der Waals surface area contributed by atoms with Crippen molar-refractivity contribution in [2.75, 3.05) is 13.2 Å². The molecule has 1 amide bonds. The Bertz CT molecular complexity index is 985. The first kappa shape index (κ1) is 21.0. The highest BCUT2D eigenvalue weighted by molar-refractivity contribution is 5.95. The highest BCUT2D eigenvalue weighted by atomic mass is 16.6. The molecule has 8 nitrogen and oxygen atoms in total. The van der Waals surface area contributed by atoms with Gasteiger partial charge in [-0.2, -0.15) is 0 Å². The maximum atomic E-state index is 12.4. The zero-order valence-electron chi connectivity index (χ0n) is 16.8. The van der Waals surface area contributed by atoms with E-state index in [0.29, 0.717) is 25.3 Å². The van der Waals surface area contributed by atoms with Crippen LogP contribution in [0.4, 0.5) is 5.69 Å². The van der Waals surface area contributed by atoms with Crippen LogP contribution in [0.1, 0.15) is 35.7 Å². The SMILES string of the molecule is CCCCOc1ccc(CCNC(=O)c2ccc(-n3ccnc3)c([N+](=O)[O-])c2)cc1. The summed E-state index contributed by atoms with van der Waals surface area (Å²) in [4.78, 5) is 27.3. The van der Waals surface area contributed by atoms with E-state index in [1.54, 1.807) is 18.3 Å². The molecule has 30 heavy (non-hydrogen) atoms. The number of nitro groups is 1. The molecule has 0 radical (unpaired) electrons. The van der Waals surface area contributed by atoms with Gasteiger partial charge in [-0.15, -0.1) is 0 Å². The lowest BCUT2D eigenvalue weighted by molar-refractivity contribution is -0.384. The van der Waals surface area contributed by atoms with Crippen LogP contribution in [0, 0.1) is 10.1 Å². The van der Waals surface area contributed by atoms with Gasteiger partial charge in [-0.3, -0.25) is 14.9 Å². The zero-order valence-corrected chi connectivity index (χ0v) is 16.8. The summed E-state index contributed by atoms with van der Waals surface area (Å²) < 4.78 is 7.18. The number of hydrogen-bond acceptors (Lipinski definition) is 5. The summed E-state index contributed by atoms with van der Waals surface area (Å²) in [5, 5.41) is 14.2. The number of carbonyl (C=O) groups is 1. The molecule has 0 aliphatic heterocycles. The van der Waals surface area contributed by atoms with Crippen LogP contribution < -0.4 is 10.1 Å². The number of rotatable bonds is 10. The quantitative estimate of drug-likeness (QED) is 0.311. The molecule has 1 heterocycles. The van der Waals surface area contributed by atoms with E-state index in [4.69, 9.17) is 4.74 Å². The molecule has 8 heteroatoms. The van der Waals surface area contributed by atoms with Crippen molar-refractivity contribution in [1.29, 1.82) is 0 Å². The van der Waals surface area contributed by atoms with Crippen molar-refractivity contribution in [3.05, 3.63) is 82.4 Å². The van der Waals surface area contributed by atoms with Crippen LogP contribution in [-0.2, 0) is 6.42 Å². The minimum Gasteiger partial charge on any atom is -0.494 e. The van der Waals surface area contributed by atoms with Gasteiger partial charge in [0.1, 0.15) is 11.4 Å². The summed E-state index contributed by atoms with van der Waals surface area (Å²) in [6.45, 7) is 3.25. The molecule has 3 aromatic rings. The molecule has 156 valence electrons. The van der Waals surface area contributed by atoms with Crippen LogP contribution in [-0.4, -0.2) is 33.5 Å². The van der Waals surface area contributed by atoms with Crippen LogP contribution in [0.15, 0.2) is 61.2 Å². The number of nitrogens with zero attached hydrogens (tertiary/aromatic N) is 3. The predicted molar refractivity (Wildman–Crippen MR) is 113 cm³/mol. The van der Waals surface area contributed by atoms with Gasteiger partial charge in [-0.1, -0.05) is 25.5 Å². The van der Waals surface area contributed by atoms with E-state index < -0.39 is 4.92 Å². The van der Waals surface area contributed by atoms with Gasteiger partial charge in [0.05, 0.1) is 17.9 Å². The van der Waals surface area contributed by atoms with Crippen LogP contribution in [0.3, 0.4) is 0 Å². The van der Waals surface area contributed by atoms with Gasteiger partial charge < -0.3 is 14.6 Å². The van der Waals surface area contributed by atoms with Gasteiger partial charge in [0.2, 0.25) is 0 Å². The number of imidazole rings is 1. The molecular formula is C22H24N4O4. The molecule has 3 rings (SSSR count). The maximum Gasteiger partial charge on any atom is 0.294 e. The van der Waals surface area contributed by atoms with Crippen LogP contribution >= 0.6 is 0 Å². The Kier molecular flexibility index (Phi) is 7.15. The lowest BCUT2D eigenvalue weighted by Gasteiger charge is -2.09. The van der Waals surface area contributed by atoms with Gasteiger partial charge in [0.15, 0.2) is 0 Å². The summed E-state index contributed by atoms with van der Waals surface area (Å²) in [6.07, 6.45) is 7.39. The summed E-state index contributed by atoms with van der Waals surface area (Å²) >= 11 is 0. The fourth-order valence-electron chi connectivity index (χ4n) is 2.94. The lowest BCUT2D eigenvalue weighted by Crippen LogP contribution is -2.25. The first-order valence-electron chi connectivity index (χ1n) is 9.85. The van der Waals surface area contributed by atoms with E-state index in [1.807, 2.05) is 24.3 Å². The number of amides is 1. The number of benzene rings is 2. The normalized spacial score (nSPS) is 10.6. The first-order valence-corrected chi connectivity index (χ1v) is 9.85. The molecule has 0 saturated carbocycles. The van der Waals surface area contributed by atoms with Gasteiger partial charge in [0.25, 0.3) is 11.6 Å². The van der Waals surface area contributed by atoms with Crippen molar-refractivity contribution >= 4 is 11.6 Å². The fraction of sp³-hybridized carbons (Fsp3) is 0.273. The summed E-state index contributed by atoms with van der Waals surface area (Å²) in [5.41, 5.74) is 1.51. The Morgan fingerprint density at radius 3 is 2.70 bits per heavy atom. The Morgan fingerprint density at radius 2 is 2.03 bits per heavy atom. The van der Waals surface area contributed by atoms with Gasteiger partial charge in [-0.25, -0.2) is 4.98 Å². The molecular weight excluding hydrogens is 384 g/mol. The number of ether oxygens (including phenoxy) is 1. The average Bonchev–Trinajstić information content (AvgIpc) is 3.29. The van der Waals surface area contributed by atoms with E-state index in [9.17, 15) is 14.9 Å². The molecule has 2 aromatic carbocycles. The second-order valence-electron chi connectivity index (χ2n) is 6.78. The number of nitrogens with one attached hydrogen (secondary N) is 1. The summed E-state index contributed by atoms with van der Waals surface area (Å²) in [5.74, 6) is 0.483. The maximum absolute atomic E-state index is 12.4. The van der Waals surface area contributed by atoms with Crippen molar-refractivity contribution in [2.45, 2.75) is 26.2 Å². The number of aromatic nitrogens is 2. The third-order valence-electron chi connectivity index (χ3n) is 4.61. The molecule has 0 aliphatic rings. The largest absolute Gasteiger partial charge is 0.494 e. The molecule has 0 fully saturated rings. The Labute approximate surface area is 174 Å². The van der Waals surface area contributed by atoms with Gasteiger partial charge in [0, 0.05) is 30.6 Å². The standard InChI is InChI=1S/C22H24N4O4/c1-2-3-14-30-19-7-4-17(5-8-19)10-11-24-22(27)18-6-9-20(21(15-18)26(28)29)25-13-12-23-16-25/h4-9,12-13,15-16H,2-3,10-11,14H2,1H3,(H,24,27). The average molecular weight is 408 g/mol. The van der Waals surface area contributed by atoms with Crippen molar-refractivity contribution in [1.82, 2.24) is 14.9 Å². The Hall–Kier alpha value is -3.68. The number of nitro benzene ring substituents is 1. The third kappa shape index (κ3) is 5.44. The Morgan fingerprint density at radius 1 is 1.23 bits per heavy atom. The summed E-state index contributed by atoms with van der Waals surface area (Å²) in [7, 11) is 0. The second-order valence-corrected chi connectivity index (χ2v) is 6.78. The molecule has 0 unspecified atom stereocenters. The highest BCUT2D eigenvalue weighted by Gasteiger charge is 2.18. The molecule has 0 atom stereocenters. The van der Waals surface area contributed by atoms with E-state index in [1.165, 1.54) is 23.2 Å². The highest BCUT2D eigenvalue weighted by Crippen LogP contribution is 2.24. The topological polar surface area (TPSA) is 99.3 Å². The predicted octanol–water partition coefficient (Wildman–Crippen LogP) is 3.93. The molecule has 0 bridgehead atoms. The summed E-state index contributed by atoms with van der Waals surface area (Å²) in [6, 6.07) is 12.2. The van der Waals surface area contributed by atoms with Crippen LogP contribution in [0.2, 0.25) is 0 Å². The number of unbranched alkanes of at least 4 members (excludes halogenated alkanes) is 1.